The van der Waals surface area contributed by atoms with Crippen LogP contribution in [0.15, 0.2) is 58.1 Å². The average molecular weight is 416 g/mol. The van der Waals surface area contributed by atoms with Crippen molar-refractivity contribution >= 4 is 38.4 Å². The zero-order valence-electron chi connectivity index (χ0n) is 14.2. The first-order valence-corrected chi connectivity index (χ1v) is 8.97. The van der Waals surface area contributed by atoms with E-state index in [0.29, 0.717) is 35.5 Å². The molecule has 3 aromatic rings. The van der Waals surface area contributed by atoms with Crippen molar-refractivity contribution in [2.24, 2.45) is 7.05 Å². The number of halogens is 1. The van der Waals surface area contributed by atoms with Gasteiger partial charge in [-0.15, -0.1) is 0 Å². The Kier molecular flexibility index (Phi) is 5.68. The highest BCUT2D eigenvalue weighted by Crippen LogP contribution is 2.23. The smallest absolute Gasteiger partial charge is 0.254 e. The van der Waals surface area contributed by atoms with Gasteiger partial charge in [0.15, 0.2) is 0 Å². The standard InChI is InChI=1S/C19H18BrN3O3/c1-23-15-8-3-2-6-13(15)16(12-18(23)25)26-11-5-9-17(24)22-14-7-4-10-21-19(14)20/h2-4,6-8,10,12H,5,9,11H2,1H3,(H,22,24). The molecule has 0 bridgehead atoms. The van der Waals surface area contributed by atoms with E-state index in [1.54, 1.807) is 29.9 Å². The van der Waals surface area contributed by atoms with Crippen molar-refractivity contribution < 1.29 is 9.53 Å². The van der Waals surface area contributed by atoms with E-state index in [4.69, 9.17) is 4.74 Å². The molecule has 6 nitrogen and oxygen atoms in total. The van der Waals surface area contributed by atoms with Gasteiger partial charge in [-0.2, -0.15) is 0 Å². The maximum Gasteiger partial charge on any atom is 0.254 e. The van der Waals surface area contributed by atoms with Gasteiger partial charge in [0.25, 0.3) is 5.56 Å². The van der Waals surface area contributed by atoms with Crippen molar-refractivity contribution in [3.05, 3.63) is 63.6 Å². The molecule has 0 spiro atoms. The Morgan fingerprint density at radius 3 is 2.88 bits per heavy atom. The second-order valence-electron chi connectivity index (χ2n) is 5.76. The summed E-state index contributed by atoms with van der Waals surface area (Å²) < 4.78 is 7.94. The van der Waals surface area contributed by atoms with Gasteiger partial charge in [-0.3, -0.25) is 9.59 Å². The zero-order valence-corrected chi connectivity index (χ0v) is 15.8. The average Bonchev–Trinajstić information content (AvgIpc) is 2.64. The van der Waals surface area contributed by atoms with Gasteiger partial charge in [0.2, 0.25) is 5.91 Å². The van der Waals surface area contributed by atoms with Crippen LogP contribution in [0, 0.1) is 0 Å². The molecule has 0 radical (unpaired) electrons. The molecule has 2 aromatic heterocycles. The molecule has 0 fully saturated rings. The monoisotopic (exact) mass is 415 g/mol. The summed E-state index contributed by atoms with van der Waals surface area (Å²) in [5, 5.41) is 3.67. The topological polar surface area (TPSA) is 73.2 Å². The summed E-state index contributed by atoms with van der Waals surface area (Å²) in [6, 6.07) is 12.6. The Morgan fingerprint density at radius 1 is 1.27 bits per heavy atom. The van der Waals surface area contributed by atoms with Gasteiger partial charge in [0.05, 0.1) is 17.8 Å². The van der Waals surface area contributed by atoms with Gasteiger partial charge in [-0.1, -0.05) is 12.1 Å². The molecule has 26 heavy (non-hydrogen) atoms. The fraction of sp³-hybridized carbons (Fsp3) is 0.211. The highest BCUT2D eigenvalue weighted by Gasteiger charge is 2.09. The molecule has 1 amide bonds. The maximum atomic E-state index is 12.0. The highest BCUT2D eigenvalue weighted by molar-refractivity contribution is 9.10. The quantitative estimate of drug-likeness (QED) is 0.493. The molecule has 0 aliphatic rings. The van der Waals surface area contributed by atoms with E-state index in [0.717, 1.165) is 10.9 Å². The SMILES string of the molecule is Cn1c(=O)cc(OCCCC(=O)Nc2cccnc2Br)c2ccccc21. The zero-order chi connectivity index (χ0) is 18.5. The molecular formula is C19H18BrN3O3. The van der Waals surface area contributed by atoms with Crippen LogP contribution in [-0.2, 0) is 11.8 Å². The number of pyridine rings is 2. The number of hydrogen-bond acceptors (Lipinski definition) is 4. The number of nitrogens with one attached hydrogen (secondary N) is 1. The summed E-state index contributed by atoms with van der Waals surface area (Å²) >= 11 is 3.29. The molecule has 1 N–H and O–H groups in total. The Bertz CT molecular complexity index is 1000. The third-order valence-corrected chi connectivity index (χ3v) is 4.59. The predicted octanol–water partition coefficient (Wildman–Crippen LogP) is 3.49. The maximum absolute atomic E-state index is 12.0. The minimum atomic E-state index is -0.127. The van der Waals surface area contributed by atoms with Crippen molar-refractivity contribution in [2.45, 2.75) is 12.8 Å². The van der Waals surface area contributed by atoms with Crippen LogP contribution in [0.25, 0.3) is 10.9 Å². The Morgan fingerprint density at radius 2 is 2.08 bits per heavy atom. The predicted molar refractivity (Wildman–Crippen MR) is 104 cm³/mol. The molecule has 0 unspecified atom stereocenters. The fourth-order valence-electron chi connectivity index (χ4n) is 2.61. The molecule has 0 aliphatic heterocycles. The lowest BCUT2D eigenvalue weighted by molar-refractivity contribution is -0.116. The Hall–Kier alpha value is -2.67. The summed E-state index contributed by atoms with van der Waals surface area (Å²) in [5.74, 6) is 0.426. The van der Waals surface area contributed by atoms with Gasteiger partial charge >= 0.3 is 0 Å². The molecular weight excluding hydrogens is 398 g/mol. The molecule has 1 aromatic carbocycles. The summed E-state index contributed by atoms with van der Waals surface area (Å²) in [4.78, 5) is 28.1. The number of carbonyl (C=O) groups excluding carboxylic acids is 1. The number of ether oxygens (including phenoxy) is 1. The van der Waals surface area contributed by atoms with E-state index >= 15 is 0 Å². The number of aromatic nitrogens is 2. The minimum absolute atomic E-state index is 0.115. The molecule has 134 valence electrons. The molecule has 2 heterocycles. The van der Waals surface area contributed by atoms with Crippen molar-refractivity contribution in [3.63, 3.8) is 0 Å². The number of anilines is 1. The van der Waals surface area contributed by atoms with Crippen LogP contribution in [0.4, 0.5) is 5.69 Å². The fourth-order valence-corrected chi connectivity index (χ4v) is 2.96. The second-order valence-corrected chi connectivity index (χ2v) is 6.52. The van der Waals surface area contributed by atoms with Crippen LogP contribution in [0.5, 0.6) is 5.75 Å². The van der Waals surface area contributed by atoms with E-state index in [9.17, 15) is 9.59 Å². The van der Waals surface area contributed by atoms with Gasteiger partial charge in [0, 0.05) is 31.1 Å². The number of amides is 1. The van der Waals surface area contributed by atoms with E-state index in [2.05, 4.69) is 26.2 Å². The Balaban J connectivity index is 1.58. The number of carbonyl (C=O) groups is 1. The third kappa shape index (κ3) is 4.11. The largest absolute Gasteiger partial charge is 0.493 e. The van der Waals surface area contributed by atoms with Crippen LogP contribution in [0.3, 0.4) is 0 Å². The van der Waals surface area contributed by atoms with E-state index in [1.165, 1.54) is 6.07 Å². The summed E-state index contributed by atoms with van der Waals surface area (Å²) in [7, 11) is 1.73. The van der Waals surface area contributed by atoms with E-state index < -0.39 is 0 Å². The van der Waals surface area contributed by atoms with E-state index in [-0.39, 0.29) is 11.5 Å². The van der Waals surface area contributed by atoms with Crippen LogP contribution in [0.2, 0.25) is 0 Å². The van der Waals surface area contributed by atoms with Crippen molar-refractivity contribution in [1.82, 2.24) is 9.55 Å². The molecule has 3 rings (SSSR count). The molecule has 0 aliphatic carbocycles. The first-order chi connectivity index (χ1) is 12.6. The van der Waals surface area contributed by atoms with Gasteiger partial charge in [-0.05, 0) is 46.6 Å². The minimum Gasteiger partial charge on any atom is -0.493 e. The van der Waals surface area contributed by atoms with Crippen LogP contribution in [0.1, 0.15) is 12.8 Å². The molecule has 0 saturated heterocycles. The number of rotatable bonds is 6. The number of aryl methyl sites for hydroxylation is 1. The first-order valence-electron chi connectivity index (χ1n) is 8.18. The number of benzene rings is 1. The lowest BCUT2D eigenvalue weighted by atomic mass is 10.2. The lowest BCUT2D eigenvalue weighted by Crippen LogP contribution is -2.17. The number of nitrogens with zero attached hydrogens (tertiary/aromatic N) is 2. The van der Waals surface area contributed by atoms with Crippen molar-refractivity contribution in [1.29, 1.82) is 0 Å². The van der Waals surface area contributed by atoms with Crippen LogP contribution < -0.4 is 15.6 Å². The number of hydrogen-bond donors (Lipinski definition) is 1. The van der Waals surface area contributed by atoms with Crippen molar-refractivity contribution in [3.8, 4) is 5.75 Å². The summed E-state index contributed by atoms with van der Waals surface area (Å²) in [6.45, 7) is 0.346. The summed E-state index contributed by atoms with van der Waals surface area (Å²) in [6.07, 6.45) is 2.49. The first kappa shape index (κ1) is 18.1. The Labute approximate surface area is 158 Å². The number of para-hydroxylation sites is 1. The van der Waals surface area contributed by atoms with Gasteiger partial charge in [0.1, 0.15) is 10.4 Å². The second kappa shape index (κ2) is 8.14. The lowest BCUT2D eigenvalue weighted by Gasteiger charge is -2.11. The van der Waals surface area contributed by atoms with Gasteiger partial charge in [-0.25, -0.2) is 4.98 Å². The number of fused-ring (bicyclic) bond motifs is 1. The van der Waals surface area contributed by atoms with Crippen molar-refractivity contribution in [2.75, 3.05) is 11.9 Å². The molecule has 0 atom stereocenters. The highest BCUT2D eigenvalue weighted by atomic mass is 79.9. The molecule has 0 saturated carbocycles. The summed E-state index contributed by atoms with van der Waals surface area (Å²) in [5.41, 5.74) is 1.32. The van der Waals surface area contributed by atoms with Crippen LogP contribution >= 0.6 is 15.9 Å². The van der Waals surface area contributed by atoms with Gasteiger partial charge < -0.3 is 14.6 Å². The van der Waals surface area contributed by atoms with E-state index in [1.807, 2.05) is 24.3 Å². The van der Waals surface area contributed by atoms with Crippen LogP contribution in [-0.4, -0.2) is 22.1 Å². The third-order valence-electron chi connectivity index (χ3n) is 3.95. The normalized spacial score (nSPS) is 10.7. The molecule has 7 heteroatoms.